The molecule has 0 radical (unpaired) electrons. The van der Waals surface area contributed by atoms with Crippen molar-refractivity contribution in [2.75, 3.05) is 0 Å². The summed E-state index contributed by atoms with van der Waals surface area (Å²) in [4.78, 5) is 0. The molecule has 0 N–H and O–H groups in total. The molecule has 0 aromatic heterocycles. The van der Waals surface area contributed by atoms with Gasteiger partial charge in [0.15, 0.2) is 0 Å². The van der Waals surface area contributed by atoms with Gasteiger partial charge in [-0.1, -0.05) is 33.6 Å². The fourth-order valence-electron chi connectivity index (χ4n) is 0.936. The van der Waals surface area contributed by atoms with E-state index in [9.17, 15) is 0 Å². The van der Waals surface area contributed by atoms with Gasteiger partial charge < -0.3 is 0 Å². The van der Waals surface area contributed by atoms with Crippen LogP contribution in [0, 0.1) is 18.3 Å². The molecule has 0 saturated heterocycles. The quantitative estimate of drug-likeness (QED) is 0.410. The van der Waals surface area contributed by atoms with E-state index in [1.54, 1.807) is 0 Å². The Labute approximate surface area is 65.8 Å². The van der Waals surface area contributed by atoms with Gasteiger partial charge in [0.1, 0.15) is 7.85 Å². The minimum atomic E-state index is 0.0794. The molecule has 56 valence electrons. The van der Waals surface area contributed by atoms with Gasteiger partial charge in [0.05, 0.1) is 0 Å². The Morgan fingerprint density at radius 1 is 1.70 bits per heavy atom. The van der Waals surface area contributed by atoms with E-state index >= 15 is 0 Å². The van der Waals surface area contributed by atoms with Crippen LogP contribution < -0.4 is 0 Å². The molecule has 0 bridgehead atoms. The molecule has 0 aliphatic rings. The van der Waals surface area contributed by atoms with Gasteiger partial charge in [0.25, 0.3) is 0 Å². The lowest BCUT2D eigenvalue weighted by Crippen LogP contribution is -2.15. The normalized spacial score (nSPS) is 19.0. The first-order valence-corrected chi connectivity index (χ1v) is 4.02. The topological polar surface area (TPSA) is 0 Å². The van der Waals surface area contributed by atoms with E-state index in [0.717, 1.165) is 0 Å². The Bertz CT molecular complexity index is 130. The van der Waals surface area contributed by atoms with Crippen molar-refractivity contribution in [2.24, 2.45) is 5.92 Å². The maximum absolute atomic E-state index is 5.39. The fraction of sp³-hybridized carbons (Fsp3) is 0.778. The second-order valence-corrected chi connectivity index (χ2v) is 3.56. The lowest BCUT2D eigenvalue weighted by Gasteiger charge is -2.25. The highest BCUT2D eigenvalue weighted by Crippen LogP contribution is 2.32. The maximum atomic E-state index is 5.39. The third-order valence-electron chi connectivity index (χ3n) is 2.33. The van der Waals surface area contributed by atoms with Crippen molar-refractivity contribution in [1.82, 2.24) is 0 Å². The molecule has 0 amide bonds. The summed E-state index contributed by atoms with van der Waals surface area (Å²) < 4.78 is 0. The lowest BCUT2D eigenvalue weighted by molar-refractivity contribution is 0.451. The molecule has 0 aliphatic heterocycles. The summed E-state index contributed by atoms with van der Waals surface area (Å²) in [7, 11) is 2.13. The highest BCUT2D eigenvalue weighted by molar-refractivity contribution is 6.17. The van der Waals surface area contributed by atoms with E-state index in [-0.39, 0.29) is 5.31 Å². The van der Waals surface area contributed by atoms with E-state index in [1.165, 1.54) is 12.8 Å². The van der Waals surface area contributed by atoms with Crippen LogP contribution in [0.1, 0.15) is 33.6 Å². The molecule has 0 spiro atoms. The van der Waals surface area contributed by atoms with E-state index in [2.05, 4.69) is 34.5 Å². The summed E-state index contributed by atoms with van der Waals surface area (Å²) in [5.74, 6) is 3.47. The number of hydrogen-bond donors (Lipinski definition) is 0. The van der Waals surface area contributed by atoms with E-state index in [1.807, 2.05) is 0 Å². The molecule has 2 unspecified atom stereocenters. The van der Waals surface area contributed by atoms with Crippen molar-refractivity contribution < 1.29 is 0 Å². The minimum absolute atomic E-state index is 0.0794. The van der Waals surface area contributed by atoms with Crippen LogP contribution in [0.2, 0.25) is 5.31 Å². The van der Waals surface area contributed by atoms with Crippen LogP contribution in [0.15, 0.2) is 0 Å². The summed E-state index contributed by atoms with van der Waals surface area (Å²) in [5, 5.41) is 0.0794. The Morgan fingerprint density at radius 2 is 2.20 bits per heavy atom. The molecule has 0 rings (SSSR count). The predicted octanol–water partition coefficient (Wildman–Crippen LogP) is 1.87. The van der Waals surface area contributed by atoms with Crippen LogP contribution in [0.3, 0.4) is 0 Å². The molecule has 2 atom stereocenters. The van der Waals surface area contributed by atoms with Gasteiger partial charge in [-0.05, 0) is 11.2 Å². The smallest absolute Gasteiger partial charge is 0.120 e. The van der Waals surface area contributed by atoms with Crippen LogP contribution in [0.25, 0.3) is 0 Å². The first-order valence-electron chi connectivity index (χ1n) is 4.02. The van der Waals surface area contributed by atoms with Gasteiger partial charge in [0.2, 0.25) is 0 Å². The SMILES string of the molecule is BC(C)(C#C)C(C)CCC. The Hall–Kier alpha value is -0.375. The second-order valence-electron chi connectivity index (χ2n) is 3.56. The molecule has 0 aliphatic carbocycles. The van der Waals surface area contributed by atoms with Gasteiger partial charge in [-0.3, -0.25) is 0 Å². The largest absolute Gasteiger partial charge is 0.125 e. The van der Waals surface area contributed by atoms with Gasteiger partial charge in [-0.2, -0.15) is 0 Å². The Kier molecular flexibility index (Phi) is 3.57. The van der Waals surface area contributed by atoms with Crippen LogP contribution in [-0.2, 0) is 0 Å². The molecule has 0 fully saturated rings. The molecular weight excluding hydrogens is 119 g/mol. The Balaban J connectivity index is 3.94. The second kappa shape index (κ2) is 3.71. The minimum Gasteiger partial charge on any atom is -0.120 e. The molecule has 0 nitrogen and oxygen atoms in total. The predicted molar refractivity (Wildman–Crippen MR) is 49.8 cm³/mol. The van der Waals surface area contributed by atoms with Crippen molar-refractivity contribution in [3.63, 3.8) is 0 Å². The van der Waals surface area contributed by atoms with Gasteiger partial charge in [0, 0.05) is 0 Å². The average molecular weight is 136 g/mol. The third kappa shape index (κ3) is 2.48. The van der Waals surface area contributed by atoms with Crippen molar-refractivity contribution in [3.8, 4) is 12.3 Å². The molecule has 0 aromatic rings. The summed E-state index contributed by atoms with van der Waals surface area (Å²) in [6, 6.07) is 0. The first-order chi connectivity index (χ1) is 4.54. The van der Waals surface area contributed by atoms with Gasteiger partial charge in [-0.25, -0.2) is 0 Å². The summed E-state index contributed by atoms with van der Waals surface area (Å²) in [6.45, 7) is 6.56. The summed E-state index contributed by atoms with van der Waals surface area (Å²) in [5.41, 5.74) is 0. The fourth-order valence-corrected chi connectivity index (χ4v) is 0.936. The van der Waals surface area contributed by atoms with E-state index in [0.29, 0.717) is 5.92 Å². The Morgan fingerprint density at radius 3 is 2.50 bits per heavy atom. The number of rotatable bonds is 3. The van der Waals surface area contributed by atoms with Crippen LogP contribution >= 0.6 is 0 Å². The molecular formula is C9H17B. The number of terminal acetylenes is 1. The van der Waals surface area contributed by atoms with E-state index in [4.69, 9.17) is 6.42 Å². The highest BCUT2D eigenvalue weighted by atomic mass is 14.2. The monoisotopic (exact) mass is 136 g/mol. The average Bonchev–Trinajstić information content (AvgIpc) is 1.89. The van der Waals surface area contributed by atoms with E-state index < -0.39 is 0 Å². The van der Waals surface area contributed by atoms with Crippen LogP contribution in [-0.4, -0.2) is 7.85 Å². The molecule has 0 heterocycles. The lowest BCUT2D eigenvalue weighted by atomic mass is 9.62. The van der Waals surface area contributed by atoms with Crippen LogP contribution in [0.5, 0.6) is 0 Å². The van der Waals surface area contributed by atoms with Crippen molar-refractivity contribution in [2.45, 2.75) is 38.9 Å². The summed E-state index contributed by atoms with van der Waals surface area (Å²) in [6.07, 6.45) is 7.85. The maximum Gasteiger partial charge on any atom is 0.125 e. The molecule has 0 saturated carbocycles. The van der Waals surface area contributed by atoms with Crippen molar-refractivity contribution in [1.29, 1.82) is 0 Å². The molecule has 0 aromatic carbocycles. The standard InChI is InChI=1S/C9H17B/c1-5-7-8(3)9(4,10)6-2/h2,8H,5,7,10H2,1,3-4H3. The first kappa shape index (κ1) is 9.62. The zero-order chi connectivity index (χ0) is 8.20. The zero-order valence-corrected chi connectivity index (χ0v) is 7.57. The van der Waals surface area contributed by atoms with Crippen molar-refractivity contribution >= 4 is 7.85 Å². The zero-order valence-electron chi connectivity index (χ0n) is 7.57. The number of hydrogen-bond acceptors (Lipinski definition) is 0. The third-order valence-corrected chi connectivity index (χ3v) is 2.33. The van der Waals surface area contributed by atoms with Crippen molar-refractivity contribution in [3.05, 3.63) is 0 Å². The van der Waals surface area contributed by atoms with Gasteiger partial charge >= 0.3 is 0 Å². The molecule has 10 heavy (non-hydrogen) atoms. The molecule has 1 heteroatoms. The highest BCUT2D eigenvalue weighted by Gasteiger charge is 2.21. The van der Waals surface area contributed by atoms with Gasteiger partial charge in [-0.15, -0.1) is 12.3 Å². The summed E-state index contributed by atoms with van der Waals surface area (Å²) >= 11 is 0. The van der Waals surface area contributed by atoms with Crippen LogP contribution in [0.4, 0.5) is 0 Å².